The molecule has 2 heterocycles. The Bertz CT molecular complexity index is 1400. The zero-order valence-corrected chi connectivity index (χ0v) is 20.9. The molecule has 0 saturated heterocycles. The van der Waals surface area contributed by atoms with Crippen molar-refractivity contribution in [3.8, 4) is 17.0 Å². The third-order valence-corrected chi connectivity index (χ3v) is 8.09. The first-order valence-corrected chi connectivity index (χ1v) is 13.0. The van der Waals surface area contributed by atoms with Gasteiger partial charge in [-0.15, -0.1) is 0 Å². The van der Waals surface area contributed by atoms with Gasteiger partial charge in [0.2, 0.25) is 5.88 Å². The number of benzene rings is 2. The van der Waals surface area contributed by atoms with Crippen LogP contribution in [0.3, 0.4) is 0 Å². The molecule has 2 saturated carbocycles. The van der Waals surface area contributed by atoms with Gasteiger partial charge in [0.05, 0.1) is 29.9 Å². The highest BCUT2D eigenvalue weighted by molar-refractivity contribution is 6.05. The van der Waals surface area contributed by atoms with Gasteiger partial charge in [0.15, 0.2) is 0 Å². The summed E-state index contributed by atoms with van der Waals surface area (Å²) in [6.45, 7) is 4.67. The second kappa shape index (κ2) is 9.08. The van der Waals surface area contributed by atoms with Gasteiger partial charge in [-0.2, -0.15) is 5.10 Å². The summed E-state index contributed by atoms with van der Waals surface area (Å²) in [6.07, 6.45) is 9.88. The Balaban J connectivity index is 1.24. The molecule has 2 aromatic carbocycles. The van der Waals surface area contributed by atoms with Crippen LogP contribution >= 0.6 is 0 Å². The number of ether oxygens (including phenoxy) is 1. The number of rotatable bonds is 7. The van der Waals surface area contributed by atoms with Crippen LogP contribution in [-0.4, -0.2) is 33.3 Å². The van der Waals surface area contributed by atoms with Crippen molar-refractivity contribution in [2.24, 2.45) is 5.41 Å². The van der Waals surface area contributed by atoms with E-state index in [1.54, 1.807) is 6.20 Å². The molecule has 2 aliphatic carbocycles. The Morgan fingerprint density at radius 3 is 2.67 bits per heavy atom. The minimum absolute atomic E-state index is 0.00635. The monoisotopic (exact) mass is 480 g/mol. The molecular formula is C30H32N4O2. The van der Waals surface area contributed by atoms with Crippen LogP contribution in [0.2, 0.25) is 0 Å². The molecular weight excluding hydrogens is 448 g/mol. The molecule has 1 unspecified atom stereocenters. The van der Waals surface area contributed by atoms with E-state index in [1.165, 1.54) is 19.3 Å². The fourth-order valence-corrected chi connectivity index (χ4v) is 5.93. The maximum absolute atomic E-state index is 13.3. The average molecular weight is 481 g/mol. The number of nitrogens with one attached hydrogen (secondary N) is 1. The van der Waals surface area contributed by atoms with Gasteiger partial charge in [-0.05, 0) is 73.8 Å². The Morgan fingerprint density at radius 2 is 1.94 bits per heavy atom. The largest absolute Gasteiger partial charge is 0.478 e. The van der Waals surface area contributed by atoms with Crippen LogP contribution < -0.4 is 10.1 Å². The maximum atomic E-state index is 13.3. The summed E-state index contributed by atoms with van der Waals surface area (Å²) in [5.41, 5.74) is 5.42. The topological polar surface area (TPSA) is 69.0 Å². The number of pyridine rings is 1. The van der Waals surface area contributed by atoms with Crippen molar-refractivity contribution >= 4 is 16.8 Å². The zero-order chi connectivity index (χ0) is 24.7. The highest BCUT2D eigenvalue weighted by Crippen LogP contribution is 2.55. The Hall–Kier alpha value is -3.67. The minimum atomic E-state index is -0.0242. The molecule has 4 aromatic rings. The van der Waals surface area contributed by atoms with E-state index in [4.69, 9.17) is 9.84 Å². The van der Waals surface area contributed by atoms with E-state index in [1.807, 2.05) is 48.1 Å². The van der Waals surface area contributed by atoms with Gasteiger partial charge in [0, 0.05) is 23.7 Å². The summed E-state index contributed by atoms with van der Waals surface area (Å²) in [5, 5.41) is 8.97. The number of hydrogen-bond donors (Lipinski definition) is 1. The van der Waals surface area contributed by atoms with Gasteiger partial charge in [-0.1, -0.05) is 42.8 Å². The predicted molar refractivity (Wildman–Crippen MR) is 141 cm³/mol. The summed E-state index contributed by atoms with van der Waals surface area (Å²) in [6, 6.07) is 18.6. The quantitative estimate of drug-likeness (QED) is 0.343. The maximum Gasteiger partial charge on any atom is 0.253 e. The molecule has 36 heavy (non-hydrogen) atoms. The minimum Gasteiger partial charge on any atom is -0.478 e. The van der Waals surface area contributed by atoms with E-state index >= 15 is 0 Å². The van der Waals surface area contributed by atoms with Crippen LogP contribution in [0.5, 0.6) is 5.88 Å². The van der Waals surface area contributed by atoms with Crippen LogP contribution in [0.25, 0.3) is 22.0 Å². The number of para-hydroxylation sites is 1. The van der Waals surface area contributed by atoms with Crippen LogP contribution in [0, 0.1) is 5.41 Å². The average Bonchev–Trinajstić information content (AvgIpc) is 3.29. The smallest absolute Gasteiger partial charge is 0.253 e. The summed E-state index contributed by atoms with van der Waals surface area (Å²) < 4.78 is 7.53. The molecule has 184 valence electrons. The molecule has 6 heteroatoms. The van der Waals surface area contributed by atoms with Crippen LogP contribution in [0.1, 0.15) is 67.9 Å². The van der Waals surface area contributed by atoms with Crippen molar-refractivity contribution in [3.05, 3.63) is 78.1 Å². The van der Waals surface area contributed by atoms with Crippen molar-refractivity contribution < 1.29 is 9.53 Å². The summed E-state index contributed by atoms with van der Waals surface area (Å²) in [4.78, 5) is 17.6. The first-order valence-electron chi connectivity index (χ1n) is 13.0. The molecule has 1 N–H and O–H groups in total. The van der Waals surface area contributed by atoms with Gasteiger partial charge in [-0.25, -0.2) is 4.98 Å². The van der Waals surface area contributed by atoms with Gasteiger partial charge < -0.3 is 10.1 Å². The lowest BCUT2D eigenvalue weighted by atomic mass is 9.54. The summed E-state index contributed by atoms with van der Waals surface area (Å²) >= 11 is 0. The molecule has 0 radical (unpaired) electrons. The molecule has 2 aromatic heterocycles. The van der Waals surface area contributed by atoms with Crippen molar-refractivity contribution in [1.29, 1.82) is 0 Å². The highest BCUT2D eigenvalue weighted by atomic mass is 16.5. The van der Waals surface area contributed by atoms with E-state index in [2.05, 4.69) is 41.5 Å². The second-order valence-electron chi connectivity index (χ2n) is 10.4. The molecule has 1 atom stereocenters. The van der Waals surface area contributed by atoms with E-state index in [0.717, 1.165) is 40.4 Å². The third kappa shape index (κ3) is 4.04. The lowest BCUT2D eigenvalue weighted by Crippen LogP contribution is -2.53. The van der Waals surface area contributed by atoms with Gasteiger partial charge in [0.25, 0.3) is 5.91 Å². The predicted octanol–water partition coefficient (Wildman–Crippen LogP) is 6.17. The van der Waals surface area contributed by atoms with E-state index < -0.39 is 0 Å². The lowest BCUT2D eigenvalue weighted by Gasteiger charge is -2.54. The molecule has 2 fully saturated rings. The van der Waals surface area contributed by atoms with E-state index in [9.17, 15) is 4.79 Å². The van der Waals surface area contributed by atoms with Crippen molar-refractivity contribution in [2.75, 3.05) is 6.61 Å². The Kier molecular flexibility index (Phi) is 5.75. The number of aromatic nitrogens is 3. The molecule has 0 bridgehead atoms. The molecule has 0 aliphatic heterocycles. The number of fused-ring (bicyclic) bond motifs is 1. The Morgan fingerprint density at radius 1 is 1.14 bits per heavy atom. The lowest BCUT2D eigenvalue weighted by molar-refractivity contribution is -0.000604. The van der Waals surface area contributed by atoms with Gasteiger partial charge in [0.1, 0.15) is 0 Å². The third-order valence-electron chi connectivity index (χ3n) is 8.09. The number of nitrogens with zero attached hydrogens (tertiary/aromatic N) is 3. The SMILES string of the molecule is CCOc1cc(-c2ccc(C(C)n3ncc4cccc(C(=O)NC5CC6(CCC6)C5)c43)cc2)ccn1. The standard InChI is InChI=1S/C30H32N4O2/c1-3-36-27-16-23(12-15-31-27)22-10-8-21(9-11-22)20(2)34-28-24(19-32-34)6-4-7-26(28)29(35)33-25-17-30(18-25)13-5-14-30/h4,6-12,15-16,19-20,25H,3,5,13-14,17-18H2,1-2H3,(H,33,35). The summed E-state index contributed by atoms with van der Waals surface area (Å²) in [7, 11) is 0. The summed E-state index contributed by atoms with van der Waals surface area (Å²) in [5.74, 6) is 0.637. The molecule has 1 spiro atoms. The number of carbonyl (C=O) groups is 1. The zero-order valence-electron chi connectivity index (χ0n) is 20.9. The second-order valence-corrected chi connectivity index (χ2v) is 10.4. The first-order chi connectivity index (χ1) is 17.5. The molecule has 1 amide bonds. The number of carbonyl (C=O) groups excluding carboxylic acids is 1. The molecule has 2 aliphatic rings. The fourth-order valence-electron chi connectivity index (χ4n) is 5.93. The van der Waals surface area contributed by atoms with Crippen LogP contribution in [0.15, 0.2) is 67.0 Å². The van der Waals surface area contributed by atoms with Crippen molar-refractivity contribution in [2.45, 2.75) is 58.0 Å². The van der Waals surface area contributed by atoms with E-state index in [0.29, 0.717) is 29.5 Å². The normalized spacial score (nSPS) is 17.4. The number of hydrogen-bond acceptors (Lipinski definition) is 4. The van der Waals surface area contributed by atoms with Gasteiger partial charge >= 0.3 is 0 Å². The molecule has 6 rings (SSSR count). The van der Waals surface area contributed by atoms with Crippen molar-refractivity contribution in [3.63, 3.8) is 0 Å². The fraction of sp³-hybridized carbons (Fsp3) is 0.367. The molecule has 6 nitrogen and oxygen atoms in total. The highest BCUT2D eigenvalue weighted by Gasteiger charge is 2.48. The van der Waals surface area contributed by atoms with Crippen LogP contribution in [0.4, 0.5) is 0 Å². The van der Waals surface area contributed by atoms with Crippen LogP contribution in [-0.2, 0) is 0 Å². The number of amides is 1. The Labute approximate surface area is 211 Å². The first kappa shape index (κ1) is 22.8. The van der Waals surface area contributed by atoms with Gasteiger partial charge in [-0.3, -0.25) is 9.48 Å². The van der Waals surface area contributed by atoms with E-state index in [-0.39, 0.29) is 11.9 Å². The van der Waals surface area contributed by atoms with Crippen molar-refractivity contribution in [1.82, 2.24) is 20.1 Å².